The van der Waals surface area contributed by atoms with Gasteiger partial charge < -0.3 is 0 Å². The molecule has 1 aromatic rings. The molecule has 0 spiro atoms. The van der Waals surface area contributed by atoms with Crippen LogP contribution in [0.25, 0.3) is 0 Å². The number of hydrogen-bond donors (Lipinski definition) is 0. The number of thiophene rings is 1. The summed E-state index contributed by atoms with van der Waals surface area (Å²) < 4.78 is 0. The Bertz CT molecular complexity index is 359. The Morgan fingerprint density at radius 2 is 2.36 bits per heavy atom. The van der Waals surface area contributed by atoms with Crippen LogP contribution in [-0.4, -0.2) is 5.78 Å². The lowest BCUT2D eigenvalue weighted by molar-refractivity contribution is 0.0995. The molecule has 54 valence electrons. The van der Waals surface area contributed by atoms with Gasteiger partial charge in [-0.15, -0.1) is 11.3 Å². The van der Waals surface area contributed by atoms with Crippen molar-refractivity contribution >= 4 is 17.1 Å². The summed E-state index contributed by atoms with van der Waals surface area (Å²) in [5.74, 6) is 0.192. The highest BCUT2D eigenvalue weighted by molar-refractivity contribution is 7.11. The first-order valence-electron chi connectivity index (χ1n) is 3.36. The average molecular weight is 163 g/mol. The van der Waals surface area contributed by atoms with Gasteiger partial charge in [0, 0.05) is 17.4 Å². The van der Waals surface area contributed by atoms with Crippen LogP contribution >= 0.6 is 11.3 Å². The van der Waals surface area contributed by atoms with Crippen LogP contribution in [0, 0.1) is 11.3 Å². The Labute approximate surface area is 68.1 Å². The molecule has 1 heterocycles. The van der Waals surface area contributed by atoms with Crippen LogP contribution < -0.4 is 0 Å². The quantitative estimate of drug-likeness (QED) is 0.584. The fourth-order valence-corrected chi connectivity index (χ4v) is 2.25. The smallest absolute Gasteiger partial charge is 0.164 e. The van der Waals surface area contributed by atoms with Crippen molar-refractivity contribution in [3.8, 4) is 6.07 Å². The van der Waals surface area contributed by atoms with Crippen LogP contribution in [0.2, 0.25) is 0 Å². The lowest BCUT2D eigenvalue weighted by Gasteiger charge is -1.83. The number of Topliss-reactive ketones (excluding diaryl/α,β-unsaturated/α-hetero) is 1. The van der Waals surface area contributed by atoms with Crippen LogP contribution in [-0.2, 0) is 6.42 Å². The number of ketones is 1. The summed E-state index contributed by atoms with van der Waals surface area (Å²) in [5, 5.41) is 10.4. The highest BCUT2D eigenvalue weighted by Crippen LogP contribution is 2.29. The van der Waals surface area contributed by atoms with Crippen molar-refractivity contribution in [1.82, 2.24) is 0 Å². The minimum absolute atomic E-state index is 0.192. The topological polar surface area (TPSA) is 40.9 Å². The van der Waals surface area contributed by atoms with Crippen LogP contribution in [0.15, 0.2) is 5.38 Å². The van der Waals surface area contributed by atoms with E-state index in [9.17, 15) is 4.79 Å². The van der Waals surface area contributed by atoms with E-state index in [0.717, 1.165) is 17.5 Å². The predicted octanol–water partition coefficient (Wildman–Crippen LogP) is 1.75. The largest absolute Gasteiger partial charge is 0.294 e. The van der Waals surface area contributed by atoms with E-state index < -0.39 is 0 Å². The molecule has 0 radical (unpaired) electrons. The van der Waals surface area contributed by atoms with Crippen molar-refractivity contribution in [2.45, 2.75) is 12.8 Å². The fourth-order valence-electron chi connectivity index (χ4n) is 1.33. The molecule has 0 N–H and O–H groups in total. The van der Waals surface area contributed by atoms with E-state index >= 15 is 0 Å². The van der Waals surface area contributed by atoms with E-state index in [1.807, 2.05) is 0 Å². The second kappa shape index (κ2) is 2.18. The summed E-state index contributed by atoms with van der Waals surface area (Å²) >= 11 is 1.37. The molecule has 0 saturated heterocycles. The van der Waals surface area contributed by atoms with Gasteiger partial charge in [-0.05, 0) is 12.0 Å². The molecular weight excluding hydrogens is 158 g/mol. The van der Waals surface area contributed by atoms with Gasteiger partial charge in [-0.3, -0.25) is 4.79 Å². The van der Waals surface area contributed by atoms with Gasteiger partial charge >= 0.3 is 0 Å². The van der Waals surface area contributed by atoms with E-state index in [2.05, 4.69) is 6.07 Å². The van der Waals surface area contributed by atoms with Crippen molar-refractivity contribution < 1.29 is 4.79 Å². The zero-order valence-corrected chi connectivity index (χ0v) is 6.57. The number of carbonyl (C=O) groups is 1. The standard InChI is InChI=1S/C8H5NOS/c9-3-8-5-1-2-7(10)6(5)4-11-8/h4H,1-2H2. The first-order chi connectivity index (χ1) is 5.33. The van der Waals surface area contributed by atoms with Crippen molar-refractivity contribution in [2.24, 2.45) is 0 Å². The first kappa shape index (κ1) is 6.56. The second-order valence-electron chi connectivity index (χ2n) is 2.49. The van der Waals surface area contributed by atoms with Crippen molar-refractivity contribution in [3.05, 3.63) is 21.4 Å². The van der Waals surface area contributed by atoms with E-state index in [4.69, 9.17) is 5.26 Å². The van der Waals surface area contributed by atoms with Crippen molar-refractivity contribution in [2.75, 3.05) is 0 Å². The second-order valence-corrected chi connectivity index (χ2v) is 3.37. The molecule has 2 nitrogen and oxygen atoms in total. The maximum atomic E-state index is 11.1. The van der Waals surface area contributed by atoms with Crippen LogP contribution in [0.3, 0.4) is 0 Å². The zero-order chi connectivity index (χ0) is 7.84. The number of nitriles is 1. The molecule has 3 heteroatoms. The van der Waals surface area contributed by atoms with Gasteiger partial charge in [-0.2, -0.15) is 5.26 Å². The van der Waals surface area contributed by atoms with Gasteiger partial charge in [-0.25, -0.2) is 0 Å². The summed E-state index contributed by atoms with van der Waals surface area (Å²) in [7, 11) is 0. The fraction of sp³-hybridized carbons (Fsp3) is 0.250. The molecular formula is C8H5NOS. The maximum absolute atomic E-state index is 11.1. The minimum Gasteiger partial charge on any atom is -0.294 e. The Morgan fingerprint density at radius 1 is 1.55 bits per heavy atom. The van der Waals surface area contributed by atoms with Crippen molar-refractivity contribution in [3.63, 3.8) is 0 Å². The Morgan fingerprint density at radius 3 is 3.09 bits per heavy atom. The first-order valence-corrected chi connectivity index (χ1v) is 4.24. The molecule has 0 unspecified atom stereocenters. The molecule has 11 heavy (non-hydrogen) atoms. The molecule has 0 atom stereocenters. The van der Waals surface area contributed by atoms with Gasteiger partial charge in [-0.1, -0.05) is 0 Å². The van der Waals surface area contributed by atoms with Gasteiger partial charge in [0.2, 0.25) is 0 Å². The molecule has 1 aliphatic carbocycles. The Hall–Kier alpha value is -1.14. The lowest BCUT2D eigenvalue weighted by atomic mass is 10.2. The van der Waals surface area contributed by atoms with Crippen LogP contribution in [0.1, 0.15) is 27.2 Å². The van der Waals surface area contributed by atoms with Crippen LogP contribution in [0.5, 0.6) is 0 Å². The molecule has 1 aromatic heterocycles. The number of fused-ring (bicyclic) bond motifs is 1. The summed E-state index contributed by atoms with van der Waals surface area (Å²) in [6.07, 6.45) is 1.35. The third kappa shape index (κ3) is 0.798. The Balaban J connectivity index is 2.63. The number of carbonyl (C=O) groups excluding carboxylic acids is 1. The molecule has 0 aromatic carbocycles. The average Bonchev–Trinajstić information content (AvgIpc) is 2.53. The maximum Gasteiger partial charge on any atom is 0.164 e. The molecule has 0 aliphatic heterocycles. The summed E-state index contributed by atoms with van der Waals surface area (Å²) in [5.41, 5.74) is 1.76. The SMILES string of the molecule is N#Cc1scc2c1CCC2=O. The molecule has 0 saturated carbocycles. The van der Waals surface area contributed by atoms with Crippen LogP contribution in [0.4, 0.5) is 0 Å². The third-order valence-corrected chi connectivity index (χ3v) is 2.82. The molecule has 2 rings (SSSR count). The number of rotatable bonds is 0. The molecule has 1 aliphatic rings. The molecule has 0 bridgehead atoms. The Kier molecular flexibility index (Phi) is 1.30. The monoisotopic (exact) mass is 163 g/mol. The highest BCUT2D eigenvalue weighted by Gasteiger charge is 2.23. The van der Waals surface area contributed by atoms with Gasteiger partial charge in [0.25, 0.3) is 0 Å². The van der Waals surface area contributed by atoms with Gasteiger partial charge in [0.05, 0.1) is 0 Å². The van der Waals surface area contributed by atoms with E-state index in [-0.39, 0.29) is 5.78 Å². The van der Waals surface area contributed by atoms with Crippen molar-refractivity contribution in [1.29, 1.82) is 5.26 Å². The molecule has 0 fully saturated rings. The predicted molar refractivity (Wildman–Crippen MR) is 41.7 cm³/mol. The highest BCUT2D eigenvalue weighted by atomic mass is 32.1. The normalized spacial score (nSPS) is 14.6. The summed E-state index contributed by atoms with van der Waals surface area (Å²) in [4.78, 5) is 11.8. The third-order valence-electron chi connectivity index (χ3n) is 1.90. The summed E-state index contributed by atoms with van der Waals surface area (Å²) in [6.45, 7) is 0. The van der Waals surface area contributed by atoms with Gasteiger partial charge in [0.1, 0.15) is 10.9 Å². The minimum atomic E-state index is 0.192. The summed E-state index contributed by atoms with van der Waals surface area (Å²) in [6, 6.07) is 2.09. The van der Waals surface area contributed by atoms with Gasteiger partial charge in [0.15, 0.2) is 5.78 Å². The van der Waals surface area contributed by atoms with E-state index in [0.29, 0.717) is 11.3 Å². The zero-order valence-electron chi connectivity index (χ0n) is 5.76. The lowest BCUT2D eigenvalue weighted by Crippen LogP contribution is -1.86. The number of nitrogens with zero attached hydrogens (tertiary/aromatic N) is 1. The van der Waals surface area contributed by atoms with E-state index in [1.54, 1.807) is 5.38 Å². The number of hydrogen-bond acceptors (Lipinski definition) is 3. The van der Waals surface area contributed by atoms with E-state index in [1.165, 1.54) is 11.3 Å². The molecule has 0 amide bonds.